The Labute approximate surface area is 203 Å². The van der Waals surface area contributed by atoms with Crippen molar-refractivity contribution in [2.24, 2.45) is 11.8 Å². The van der Waals surface area contributed by atoms with Crippen LogP contribution in [0.5, 0.6) is 0 Å². The monoisotopic (exact) mass is 486 g/mol. The first kappa shape index (κ1) is 30.4. The van der Waals surface area contributed by atoms with Crippen LogP contribution in [-0.2, 0) is 19.1 Å². The van der Waals surface area contributed by atoms with Crippen molar-refractivity contribution in [1.82, 2.24) is 0 Å². The minimum atomic E-state index is -3.33. The van der Waals surface area contributed by atoms with Crippen molar-refractivity contribution in [3.63, 3.8) is 0 Å². The molecule has 0 aromatic carbocycles. The molecule has 1 saturated carbocycles. The molecule has 1 N–H and O–H groups in total. The zero-order valence-electron chi connectivity index (χ0n) is 21.2. The molecule has 0 amide bonds. The molecule has 1 aliphatic carbocycles. The number of carbonyl (C=O) groups is 3. The van der Waals surface area contributed by atoms with E-state index >= 15 is 0 Å². The maximum atomic E-state index is 14.1. The van der Waals surface area contributed by atoms with E-state index in [0.29, 0.717) is 25.7 Å². The van der Waals surface area contributed by atoms with Crippen molar-refractivity contribution < 1.29 is 33.0 Å². The second-order valence-corrected chi connectivity index (χ2v) is 9.83. The molecule has 1 fully saturated rings. The fraction of sp³-hybridized carbons (Fsp3) is 0.815. The van der Waals surface area contributed by atoms with Gasteiger partial charge in [-0.2, -0.15) is 8.78 Å². The minimum absolute atomic E-state index is 0.0251. The predicted molar refractivity (Wildman–Crippen MR) is 129 cm³/mol. The summed E-state index contributed by atoms with van der Waals surface area (Å²) in [5.41, 5.74) is 0. The number of esters is 1. The van der Waals surface area contributed by atoms with Crippen molar-refractivity contribution in [2.75, 3.05) is 0 Å². The summed E-state index contributed by atoms with van der Waals surface area (Å²) >= 11 is 0. The van der Waals surface area contributed by atoms with Gasteiger partial charge in [0.1, 0.15) is 5.78 Å². The van der Waals surface area contributed by atoms with E-state index in [1.165, 1.54) is 0 Å². The molecule has 1 rings (SSSR count). The zero-order chi connectivity index (χ0) is 25.6. The highest BCUT2D eigenvalue weighted by atomic mass is 19.3. The van der Waals surface area contributed by atoms with Gasteiger partial charge in [-0.1, -0.05) is 44.8 Å². The standard InChI is InChI=1S/C27H44F2O5/c1-4-5-6-13-18-27(28,29)25(32)17-16-22-21(23(30)19-24(22)31)14-11-9-7-8-10-12-15-26(33)34-20(2)3/h9,11,20-22,24,31H,4-8,10,12-19H2,1-3H3/t21-,22-,24-/m1/s1. The van der Waals surface area contributed by atoms with Crippen LogP contribution >= 0.6 is 0 Å². The van der Waals surface area contributed by atoms with Crippen LogP contribution < -0.4 is 0 Å². The molecule has 0 aromatic heterocycles. The molecule has 196 valence electrons. The number of hydrogen-bond acceptors (Lipinski definition) is 5. The van der Waals surface area contributed by atoms with Gasteiger partial charge in [-0.05, 0) is 58.3 Å². The zero-order valence-corrected chi connectivity index (χ0v) is 21.2. The van der Waals surface area contributed by atoms with Gasteiger partial charge in [0.15, 0.2) is 0 Å². The van der Waals surface area contributed by atoms with Crippen LogP contribution in [0.25, 0.3) is 0 Å². The summed E-state index contributed by atoms with van der Waals surface area (Å²) in [6, 6.07) is 0. The Morgan fingerprint density at radius 2 is 1.79 bits per heavy atom. The van der Waals surface area contributed by atoms with Crippen LogP contribution in [0.3, 0.4) is 0 Å². The second kappa shape index (κ2) is 16.1. The third kappa shape index (κ3) is 11.7. The molecule has 0 spiro atoms. The molecule has 0 saturated heterocycles. The van der Waals surface area contributed by atoms with Crippen LogP contribution in [0.4, 0.5) is 8.78 Å². The highest BCUT2D eigenvalue weighted by molar-refractivity contribution is 5.86. The van der Waals surface area contributed by atoms with Gasteiger partial charge in [0.2, 0.25) is 5.78 Å². The first-order valence-corrected chi connectivity index (χ1v) is 13.0. The van der Waals surface area contributed by atoms with Gasteiger partial charge in [-0.3, -0.25) is 14.4 Å². The number of ether oxygens (including phenoxy) is 1. The normalized spacial score (nSPS) is 21.0. The SMILES string of the molecule is CCCCCCC(F)(F)C(=O)CC[C@H]1[C@H](O)CC(=O)[C@@H]1CC=CCCCCCC(=O)OC(C)C. The molecule has 34 heavy (non-hydrogen) atoms. The Morgan fingerprint density at radius 1 is 1.09 bits per heavy atom. The molecule has 0 aliphatic heterocycles. The van der Waals surface area contributed by atoms with E-state index < -0.39 is 36.1 Å². The number of hydrogen-bond donors (Lipinski definition) is 1. The number of aliphatic hydroxyl groups excluding tert-OH is 1. The van der Waals surface area contributed by atoms with Crippen LogP contribution in [0, 0.1) is 11.8 Å². The Balaban J connectivity index is 2.38. The van der Waals surface area contributed by atoms with Gasteiger partial charge in [0, 0.05) is 31.6 Å². The number of carbonyl (C=O) groups excluding carboxylic acids is 3. The number of ketones is 2. The number of Topliss-reactive ketones (excluding diaryl/α,β-unsaturated/α-hetero) is 2. The summed E-state index contributed by atoms with van der Waals surface area (Å²) in [6.45, 7) is 5.65. The quantitative estimate of drug-likeness (QED) is 0.139. The molecule has 7 heteroatoms. The maximum Gasteiger partial charge on any atom is 0.306 e. The van der Waals surface area contributed by atoms with Crippen LogP contribution in [0.1, 0.15) is 111 Å². The van der Waals surface area contributed by atoms with E-state index in [-0.39, 0.29) is 37.1 Å². The lowest BCUT2D eigenvalue weighted by atomic mass is 9.86. The molecule has 3 atom stereocenters. The van der Waals surface area contributed by atoms with Gasteiger partial charge < -0.3 is 9.84 Å². The third-order valence-electron chi connectivity index (χ3n) is 6.47. The second-order valence-electron chi connectivity index (χ2n) is 9.83. The number of allylic oxidation sites excluding steroid dienone is 2. The molecule has 0 heterocycles. The fourth-order valence-corrected chi connectivity index (χ4v) is 4.50. The number of aliphatic hydroxyl groups is 1. The van der Waals surface area contributed by atoms with Gasteiger partial charge >= 0.3 is 11.9 Å². The number of halogens is 2. The molecule has 0 radical (unpaired) electrons. The molecule has 5 nitrogen and oxygen atoms in total. The predicted octanol–water partition coefficient (Wildman–Crippen LogP) is 6.36. The first-order chi connectivity index (χ1) is 16.1. The van der Waals surface area contributed by atoms with Gasteiger partial charge in [0.25, 0.3) is 0 Å². The van der Waals surface area contributed by atoms with Crippen LogP contribution in [0.2, 0.25) is 0 Å². The maximum absolute atomic E-state index is 14.1. The fourth-order valence-electron chi connectivity index (χ4n) is 4.50. The lowest BCUT2D eigenvalue weighted by Crippen LogP contribution is -2.30. The largest absolute Gasteiger partial charge is 0.463 e. The Morgan fingerprint density at radius 3 is 2.47 bits per heavy atom. The first-order valence-electron chi connectivity index (χ1n) is 13.0. The summed E-state index contributed by atoms with van der Waals surface area (Å²) in [5, 5.41) is 10.3. The molecular weight excluding hydrogens is 442 g/mol. The molecular formula is C27H44F2O5. The van der Waals surface area contributed by atoms with Gasteiger partial charge in [-0.25, -0.2) is 0 Å². The van der Waals surface area contributed by atoms with E-state index in [9.17, 15) is 28.3 Å². The number of alkyl halides is 2. The number of unbranched alkanes of at least 4 members (excludes halogenated alkanes) is 6. The highest BCUT2D eigenvalue weighted by Crippen LogP contribution is 2.36. The van der Waals surface area contributed by atoms with Gasteiger partial charge in [0.05, 0.1) is 12.2 Å². The molecule has 0 unspecified atom stereocenters. The van der Waals surface area contributed by atoms with E-state index in [0.717, 1.165) is 38.5 Å². The topological polar surface area (TPSA) is 80.7 Å². The van der Waals surface area contributed by atoms with Crippen molar-refractivity contribution in [3.05, 3.63) is 12.2 Å². The van der Waals surface area contributed by atoms with E-state index in [4.69, 9.17) is 4.74 Å². The lowest BCUT2D eigenvalue weighted by molar-refractivity contribution is -0.147. The molecule has 1 aliphatic rings. The van der Waals surface area contributed by atoms with Crippen LogP contribution in [-0.4, -0.2) is 40.8 Å². The Hall–Kier alpha value is -1.63. The van der Waals surface area contributed by atoms with Crippen molar-refractivity contribution >= 4 is 17.5 Å². The summed E-state index contributed by atoms with van der Waals surface area (Å²) < 4.78 is 33.4. The van der Waals surface area contributed by atoms with Gasteiger partial charge in [-0.15, -0.1) is 0 Å². The third-order valence-corrected chi connectivity index (χ3v) is 6.47. The summed E-state index contributed by atoms with van der Waals surface area (Å²) in [4.78, 5) is 35.9. The smallest absolute Gasteiger partial charge is 0.306 e. The highest BCUT2D eigenvalue weighted by Gasteiger charge is 2.43. The Kier molecular flexibility index (Phi) is 14.4. The summed E-state index contributed by atoms with van der Waals surface area (Å²) in [6.07, 6.45) is 9.41. The molecule has 0 bridgehead atoms. The van der Waals surface area contributed by atoms with E-state index in [1.54, 1.807) is 0 Å². The summed E-state index contributed by atoms with van der Waals surface area (Å²) in [7, 11) is 0. The van der Waals surface area contributed by atoms with E-state index in [2.05, 4.69) is 0 Å². The average Bonchev–Trinajstić information content (AvgIpc) is 3.02. The van der Waals surface area contributed by atoms with Crippen LogP contribution in [0.15, 0.2) is 12.2 Å². The van der Waals surface area contributed by atoms with E-state index in [1.807, 2.05) is 32.9 Å². The molecule has 0 aromatic rings. The average molecular weight is 487 g/mol. The lowest BCUT2D eigenvalue weighted by Gasteiger charge is -2.21. The van der Waals surface area contributed by atoms with Crippen molar-refractivity contribution in [1.29, 1.82) is 0 Å². The number of rotatable bonds is 18. The van der Waals surface area contributed by atoms with Crippen molar-refractivity contribution in [3.8, 4) is 0 Å². The Bertz CT molecular complexity index is 659. The summed E-state index contributed by atoms with van der Waals surface area (Å²) in [5.74, 6) is -5.54. The van der Waals surface area contributed by atoms with Crippen molar-refractivity contribution in [2.45, 2.75) is 129 Å². The minimum Gasteiger partial charge on any atom is -0.463 e.